The first-order valence-corrected chi connectivity index (χ1v) is 6.24. The van der Waals surface area contributed by atoms with E-state index in [1.165, 1.54) is 11.8 Å². The van der Waals surface area contributed by atoms with Crippen LogP contribution in [0, 0.1) is 0 Å². The number of nitrogens with zero attached hydrogens (tertiary/aromatic N) is 3. The summed E-state index contributed by atoms with van der Waals surface area (Å²) in [5.41, 5.74) is -0.601. The van der Waals surface area contributed by atoms with Crippen LogP contribution in [0.25, 0.3) is 0 Å². The Morgan fingerprint density at radius 3 is 2.90 bits per heavy atom. The number of halogens is 3. The van der Waals surface area contributed by atoms with Crippen LogP contribution in [-0.4, -0.2) is 36.7 Å². The van der Waals surface area contributed by atoms with Gasteiger partial charge in [-0.1, -0.05) is 0 Å². The van der Waals surface area contributed by atoms with Gasteiger partial charge in [-0.15, -0.1) is 0 Å². The minimum atomic E-state index is -4.47. The number of anilines is 2. The lowest BCUT2D eigenvalue weighted by Gasteiger charge is -2.34. The fourth-order valence-electron chi connectivity index (χ4n) is 2.71. The Labute approximate surface area is 113 Å². The molecule has 0 radical (unpaired) electrons. The largest absolute Gasteiger partial charge is 0.417 e. The van der Waals surface area contributed by atoms with E-state index in [0.717, 1.165) is 12.3 Å². The standard InChI is InChI=1S/C12H13F3N4O/c1-7(20)19-9-4-8(12(13,14)15)5-17-11(9)18-3-2-16-6-10(18)19/h4-5,10,16H,2-3,6H2,1H3/t10-/m1/s1. The van der Waals surface area contributed by atoms with Crippen LogP contribution in [0.15, 0.2) is 12.3 Å². The number of nitrogens with one attached hydrogen (secondary N) is 1. The average Bonchev–Trinajstić information content (AvgIpc) is 2.71. The molecule has 0 spiro atoms. The molecule has 0 saturated carbocycles. The second-order valence-electron chi connectivity index (χ2n) is 4.83. The van der Waals surface area contributed by atoms with E-state index in [4.69, 9.17) is 0 Å². The van der Waals surface area contributed by atoms with Crippen LogP contribution in [0.1, 0.15) is 12.5 Å². The van der Waals surface area contributed by atoms with Gasteiger partial charge < -0.3 is 10.2 Å². The topological polar surface area (TPSA) is 48.5 Å². The van der Waals surface area contributed by atoms with Crippen molar-refractivity contribution < 1.29 is 18.0 Å². The highest BCUT2D eigenvalue weighted by molar-refractivity contribution is 5.98. The van der Waals surface area contributed by atoms with Gasteiger partial charge >= 0.3 is 6.18 Å². The van der Waals surface area contributed by atoms with E-state index in [2.05, 4.69) is 10.3 Å². The van der Waals surface area contributed by atoms with Gasteiger partial charge in [0, 0.05) is 32.8 Å². The van der Waals surface area contributed by atoms with Gasteiger partial charge in [-0.05, 0) is 6.07 Å². The molecule has 5 nitrogen and oxygen atoms in total. The van der Waals surface area contributed by atoms with Crippen molar-refractivity contribution in [2.45, 2.75) is 19.3 Å². The molecule has 0 aliphatic carbocycles. The number of alkyl halides is 3. The third kappa shape index (κ3) is 1.91. The van der Waals surface area contributed by atoms with Crippen molar-refractivity contribution in [1.29, 1.82) is 0 Å². The van der Waals surface area contributed by atoms with Crippen molar-refractivity contribution in [1.82, 2.24) is 10.3 Å². The van der Waals surface area contributed by atoms with Gasteiger partial charge in [0.05, 0.1) is 11.3 Å². The van der Waals surface area contributed by atoms with E-state index in [9.17, 15) is 18.0 Å². The Hall–Kier alpha value is -1.83. The van der Waals surface area contributed by atoms with E-state index in [1.54, 1.807) is 0 Å². The lowest BCUT2D eigenvalue weighted by atomic mass is 10.2. The monoisotopic (exact) mass is 286 g/mol. The summed E-state index contributed by atoms with van der Waals surface area (Å²) in [6.07, 6.45) is -3.94. The van der Waals surface area contributed by atoms with E-state index < -0.39 is 11.7 Å². The van der Waals surface area contributed by atoms with Gasteiger partial charge in [0.15, 0.2) is 5.82 Å². The Bertz CT molecular complexity index is 560. The number of carbonyl (C=O) groups excluding carboxylic acids is 1. The molecule has 1 saturated heterocycles. The molecule has 3 rings (SSSR count). The van der Waals surface area contributed by atoms with Crippen molar-refractivity contribution in [3.8, 4) is 0 Å². The summed E-state index contributed by atoms with van der Waals surface area (Å²) in [4.78, 5) is 19.0. The molecule has 1 atom stereocenters. The van der Waals surface area contributed by atoms with Crippen molar-refractivity contribution in [3.63, 3.8) is 0 Å². The molecule has 1 fully saturated rings. The molecule has 1 aromatic rings. The second kappa shape index (κ2) is 4.34. The highest BCUT2D eigenvalue weighted by Gasteiger charge is 2.42. The summed E-state index contributed by atoms with van der Waals surface area (Å²) in [6, 6.07) is 1.00. The third-order valence-corrected chi connectivity index (χ3v) is 3.56. The number of carbonyl (C=O) groups is 1. The molecule has 2 aliphatic heterocycles. The van der Waals surface area contributed by atoms with Gasteiger partial charge in [0.1, 0.15) is 6.17 Å². The maximum Gasteiger partial charge on any atom is 0.417 e. The van der Waals surface area contributed by atoms with Crippen LogP contribution in [0.2, 0.25) is 0 Å². The van der Waals surface area contributed by atoms with Crippen LogP contribution < -0.4 is 15.1 Å². The number of pyridine rings is 1. The zero-order chi connectivity index (χ0) is 14.5. The van der Waals surface area contributed by atoms with Gasteiger partial charge in [-0.25, -0.2) is 4.98 Å². The van der Waals surface area contributed by atoms with Gasteiger partial charge in [0.25, 0.3) is 0 Å². The average molecular weight is 286 g/mol. The molecule has 108 valence electrons. The first kappa shape index (κ1) is 13.2. The number of piperazine rings is 1. The van der Waals surface area contributed by atoms with E-state index >= 15 is 0 Å². The lowest BCUT2D eigenvalue weighted by Crippen LogP contribution is -2.57. The smallest absolute Gasteiger partial charge is 0.332 e. The minimum absolute atomic E-state index is 0.237. The summed E-state index contributed by atoms with van der Waals surface area (Å²) in [7, 11) is 0. The highest BCUT2D eigenvalue weighted by Crippen LogP contribution is 2.41. The molecule has 0 aromatic carbocycles. The molecule has 1 aromatic heterocycles. The third-order valence-electron chi connectivity index (χ3n) is 3.56. The van der Waals surface area contributed by atoms with Gasteiger partial charge in [0.2, 0.25) is 5.91 Å². The quantitative estimate of drug-likeness (QED) is 0.778. The van der Waals surface area contributed by atoms with Crippen LogP contribution in [-0.2, 0) is 11.0 Å². The van der Waals surface area contributed by atoms with Crippen LogP contribution in [0.5, 0.6) is 0 Å². The Morgan fingerprint density at radius 2 is 2.25 bits per heavy atom. The summed E-state index contributed by atoms with van der Waals surface area (Å²) in [5, 5.41) is 3.14. The number of amides is 1. The van der Waals surface area contributed by atoms with Gasteiger partial charge in [-0.3, -0.25) is 9.69 Å². The molecular formula is C12H13F3N4O. The van der Waals surface area contributed by atoms with Crippen molar-refractivity contribution in [2.75, 3.05) is 29.4 Å². The summed E-state index contributed by atoms with van der Waals surface area (Å²) in [5.74, 6) is 0.156. The highest BCUT2D eigenvalue weighted by atomic mass is 19.4. The number of hydrogen-bond donors (Lipinski definition) is 1. The first-order chi connectivity index (χ1) is 9.39. The molecule has 20 heavy (non-hydrogen) atoms. The summed E-state index contributed by atoms with van der Waals surface area (Å²) < 4.78 is 38.4. The molecule has 0 bridgehead atoms. The number of rotatable bonds is 0. The first-order valence-electron chi connectivity index (χ1n) is 6.24. The predicted molar refractivity (Wildman–Crippen MR) is 66.4 cm³/mol. The Kier molecular flexibility index (Phi) is 2.86. The normalized spacial score (nSPS) is 21.7. The number of fused-ring (bicyclic) bond motifs is 3. The zero-order valence-corrected chi connectivity index (χ0v) is 10.7. The van der Waals surface area contributed by atoms with E-state index in [0.29, 0.717) is 25.5 Å². The second-order valence-corrected chi connectivity index (χ2v) is 4.83. The van der Waals surface area contributed by atoms with Crippen LogP contribution in [0.4, 0.5) is 24.7 Å². The van der Waals surface area contributed by atoms with Crippen molar-refractivity contribution in [3.05, 3.63) is 17.8 Å². The number of aromatic nitrogens is 1. The maximum atomic E-state index is 12.8. The summed E-state index contributed by atoms with van der Waals surface area (Å²) in [6.45, 7) is 3.18. The Balaban J connectivity index is 2.10. The molecule has 2 aliphatic rings. The maximum absolute atomic E-state index is 12.8. The van der Waals surface area contributed by atoms with Crippen molar-refractivity contribution >= 4 is 17.4 Å². The van der Waals surface area contributed by atoms with Gasteiger partial charge in [-0.2, -0.15) is 13.2 Å². The molecule has 1 N–H and O–H groups in total. The predicted octanol–water partition coefficient (Wildman–Crippen LogP) is 1.20. The molecule has 0 unspecified atom stereocenters. The molecule has 1 amide bonds. The fourth-order valence-corrected chi connectivity index (χ4v) is 2.71. The number of hydrogen-bond acceptors (Lipinski definition) is 4. The fraction of sp³-hybridized carbons (Fsp3) is 0.500. The van der Waals surface area contributed by atoms with Crippen molar-refractivity contribution in [2.24, 2.45) is 0 Å². The molecule has 3 heterocycles. The molecule has 8 heteroatoms. The minimum Gasteiger partial charge on any atom is -0.332 e. The molecular weight excluding hydrogens is 273 g/mol. The van der Waals surface area contributed by atoms with Crippen LogP contribution in [0.3, 0.4) is 0 Å². The van der Waals surface area contributed by atoms with E-state index in [-0.39, 0.29) is 17.8 Å². The van der Waals surface area contributed by atoms with Crippen LogP contribution >= 0.6 is 0 Å². The zero-order valence-electron chi connectivity index (χ0n) is 10.7. The lowest BCUT2D eigenvalue weighted by molar-refractivity contribution is -0.137. The summed E-state index contributed by atoms with van der Waals surface area (Å²) >= 11 is 0. The van der Waals surface area contributed by atoms with E-state index in [1.807, 2.05) is 4.90 Å². The SMILES string of the molecule is CC(=O)N1c2cc(C(F)(F)F)cnc2N2CCNC[C@H]21. The Morgan fingerprint density at radius 1 is 1.50 bits per heavy atom.